The maximum Gasteiger partial charge on any atom is 0.446 e. The smallest absolute Gasteiger partial charge is 0.446 e. The van der Waals surface area contributed by atoms with Crippen LogP contribution in [0.25, 0.3) is 0 Å². The molecule has 0 bridgehead atoms. The summed E-state index contributed by atoms with van der Waals surface area (Å²) in [6, 6.07) is 15.9. The molecule has 2 aromatic carbocycles. The third-order valence-corrected chi connectivity index (χ3v) is 12.5. The second kappa shape index (κ2) is 16.2. The van der Waals surface area contributed by atoms with Gasteiger partial charge < -0.3 is 14.4 Å². The molecule has 0 saturated carbocycles. The van der Waals surface area contributed by atoms with E-state index in [1.54, 1.807) is 0 Å². The van der Waals surface area contributed by atoms with E-state index in [0.29, 0.717) is 54.5 Å². The molecule has 5 heterocycles. The molecule has 1 aromatic heterocycles. The predicted molar refractivity (Wildman–Crippen MR) is 224 cm³/mol. The van der Waals surface area contributed by atoms with Crippen molar-refractivity contribution in [3.8, 4) is 5.75 Å². The lowest BCUT2D eigenvalue weighted by molar-refractivity contribution is -0.993. The van der Waals surface area contributed by atoms with E-state index >= 15 is 4.79 Å². The number of hydrogen-bond donors (Lipinski definition) is 0. The molecule has 7 atom stereocenters. The van der Waals surface area contributed by atoms with Crippen LogP contribution in [0.2, 0.25) is 10.0 Å². The Bertz CT molecular complexity index is 2020. The van der Waals surface area contributed by atoms with Crippen molar-refractivity contribution in [3.05, 3.63) is 93.2 Å². The number of ether oxygens (including phenoxy) is 2. The van der Waals surface area contributed by atoms with Gasteiger partial charge in [-0.2, -0.15) is 5.01 Å². The Morgan fingerprint density at radius 2 is 1.49 bits per heavy atom. The van der Waals surface area contributed by atoms with E-state index in [1.807, 2.05) is 77.5 Å². The summed E-state index contributed by atoms with van der Waals surface area (Å²) < 4.78 is 12.0. The van der Waals surface area contributed by atoms with E-state index in [0.717, 1.165) is 34.6 Å². The molecule has 304 valence electrons. The number of benzene rings is 2. The van der Waals surface area contributed by atoms with Crippen LogP contribution in [0.4, 0.5) is 4.79 Å². The summed E-state index contributed by atoms with van der Waals surface area (Å²) in [5.74, 6) is 2.08. The molecule has 14 heteroatoms. The minimum absolute atomic E-state index is 0.0964. The first kappa shape index (κ1) is 40.9. The van der Waals surface area contributed by atoms with Gasteiger partial charge in [0.25, 0.3) is 0 Å². The van der Waals surface area contributed by atoms with Crippen molar-refractivity contribution in [1.29, 1.82) is 0 Å². The number of urea groups is 1. The topological polar surface area (TPSA) is 103 Å². The van der Waals surface area contributed by atoms with Crippen LogP contribution in [0.3, 0.4) is 0 Å². The van der Waals surface area contributed by atoms with Crippen LogP contribution in [0.15, 0.2) is 70.8 Å². The van der Waals surface area contributed by atoms with Crippen LogP contribution in [-0.4, -0.2) is 130 Å². The Morgan fingerprint density at radius 3 is 2.07 bits per heavy atom. The minimum atomic E-state index is -0.640. The van der Waals surface area contributed by atoms with E-state index in [9.17, 15) is 4.79 Å². The number of aromatic nitrogens is 1. The number of nitrogens with zero attached hydrogens (tertiary/aromatic N) is 8. The van der Waals surface area contributed by atoms with E-state index < -0.39 is 12.2 Å². The van der Waals surface area contributed by atoms with Crippen molar-refractivity contribution >= 4 is 47.3 Å². The van der Waals surface area contributed by atoms with E-state index in [4.69, 9.17) is 47.6 Å². The largest absolute Gasteiger partial charge is 0.493 e. The summed E-state index contributed by atoms with van der Waals surface area (Å²) in [7, 11) is 0. The highest BCUT2D eigenvalue weighted by molar-refractivity contribution is 6.31. The van der Waals surface area contributed by atoms with Gasteiger partial charge in [-0.1, -0.05) is 44.0 Å². The molecule has 7 rings (SSSR count). The first-order valence-electron chi connectivity index (χ1n) is 20.0. The lowest BCUT2D eigenvalue weighted by Crippen LogP contribution is -2.82. The highest BCUT2D eigenvalue weighted by Crippen LogP contribution is 2.45. The van der Waals surface area contributed by atoms with Crippen LogP contribution < -0.4 is 4.74 Å². The van der Waals surface area contributed by atoms with Gasteiger partial charge in [0.05, 0.1) is 44.5 Å². The molecule has 3 aromatic rings. The number of carbonyl (C=O) groups excluding carboxylic acids is 2. The van der Waals surface area contributed by atoms with Crippen LogP contribution in [0.1, 0.15) is 83.8 Å². The van der Waals surface area contributed by atoms with Gasteiger partial charge in [0, 0.05) is 63.2 Å². The molecule has 2 saturated heterocycles. The summed E-state index contributed by atoms with van der Waals surface area (Å²) in [6.07, 6.45) is 2.11. The first-order valence-corrected chi connectivity index (χ1v) is 20.8. The Hall–Kier alpha value is -4.23. The number of quaternary nitrogens is 1. The van der Waals surface area contributed by atoms with Crippen molar-refractivity contribution in [3.63, 3.8) is 0 Å². The van der Waals surface area contributed by atoms with Gasteiger partial charge in [0.2, 0.25) is 12.6 Å². The second-order valence-electron chi connectivity index (χ2n) is 16.6. The molecule has 4 aliphatic rings. The Morgan fingerprint density at radius 1 is 0.912 bits per heavy atom. The summed E-state index contributed by atoms with van der Waals surface area (Å²) in [4.78, 5) is 51.4. The first-order chi connectivity index (χ1) is 27.2. The van der Waals surface area contributed by atoms with Gasteiger partial charge in [0.15, 0.2) is 5.84 Å². The molecule has 0 spiro atoms. The third-order valence-electron chi connectivity index (χ3n) is 12.0. The molecule has 0 aliphatic carbocycles. The number of amidine groups is 2. The molecule has 57 heavy (non-hydrogen) atoms. The van der Waals surface area contributed by atoms with E-state index in [-0.39, 0.29) is 53.3 Å². The lowest BCUT2D eigenvalue weighted by atomic mass is 9.90. The number of hydrogen-bond acceptors (Lipinski definition) is 9. The van der Waals surface area contributed by atoms with Gasteiger partial charge in [-0.25, -0.2) is 4.79 Å². The molecule has 4 aliphatic heterocycles. The fourth-order valence-corrected chi connectivity index (χ4v) is 8.88. The fourth-order valence-electron chi connectivity index (χ4n) is 8.63. The van der Waals surface area contributed by atoms with Gasteiger partial charge >= 0.3 is 6.03 Å². The third kappa shape index (κ3) is 7.50. The van der Waals surface area contributed by atoms with Crippen LogP contribution in [0.5, 0.6) is 5.75 Å². The SMILES string of the molecule is CCOc1cc(C(C)(C)C)ncc1C1C[N+](C(=O)N2CCOCC2)(N2C(c3ccc(Cl)cc3)=NC(C)C2C)C(N2C(c3ccc(Cl)cc3)=NC(C)C2C)CN1C=O. The number of rotatable bonds is 8. The standard InChI is InChI=1S/C43H55Cl2N8O4/c1-9-57-37-22-38(43(6,7)8)46-23-35(37)36-25-53(42(55)49-18-20-56-21-19-49,52-30(5)28(3)48-41(52)32-12-16-34(45)17-13-32)39(24-50(36)26-54)51-29(4)27(2)47-40(51)31-10-14-33(44)15-11-31/h10-17,22-23,26-30,36,39H,9,18-21,24-25H2,1-8H3/q+1. The van der Waals surface area contributed by atoms with Crippen molar-refractivity contribution in [1.82, 2.24) is 24.7 Å². The maximum absolute atomic E-state index is 16.2. The average molecular weight is 819 g/mol. The molecule has 0 radical (unpaired) electrons. The Labute approximate surface area is 346 Å². The van der Waals surface area contributed by atoms with Crippen LogP contribution in [-0.2, 0) is 14.9 Å². The number of carbonyl (C=O) groups is 2. The number of pyridine rings is 1. The summed E-state index contributed by atoms with van der Waals surface area (Å²) >= 11 is 12.9. The average Bonchev–Trinajstić information content (AvgIpc) is 3.67. The number of amides is 3. The number of halogens is 2. The molecule has 0 N–H and O–H groups in total. The highest BCUT2D eigenvalue weighted by Gasteiger charge is 2.65. The van der Waals surface area contributed by atoms with Crippen LogP contribution >= 0.6 is 23.2 Å². The highest BCUT2D eigenvalue weighted by atomic mass is 35.5. The zero-order valence-electron chi connectivity index (χ0n) is 34.2. The quantitative estimate of drug-likeness (QED) is 0.175. The molecular weight excluding hydrogens is 763 g/mol. The molecule has 3 amide bonds. The summed E-state index contributed by atoms with van der Waals surface area (Å²) in [6.45, 7) is 19.2. The monoisotopic (exact) mass is 817 g/mol. The van der Waals surface area contributed by atoms with Crippen molar-refractivity contribution in [2.45, 2.75) is 97.2 Å². The normalized spacial score (nSPS) is 28.0. The number of morpholine rings is 1. The zero-order chi connectivity index (χ0) is 40.8. The van der Waals surface area contributed by atoms with E-state index in [2.05, 4.69) is 58.4 Å². The molecule has 2 fully saturated rings. The second-order valence-corrected chi connectivity index (χ2v) is 17.5. The van der Waals surface area contributed by atoms with Gasteiger partial charge in [-0.15, -0.1) is 4.59 Å². The van der Waals surface area contributed by atoms with Crippen molar-refractivity contribution < 1.29 is 23.7 Å². The molecule has 7 unspecified atom stereocenters. The van der Waals surface area contributed by atoms with Crippen molar-refractivity contribution in [2.24, 2.45) is 9.98 Å². The lowest BCUT2D eigenvalue weighted by Gasteiger charge is -2.58. The Kier molecular flexibility index (Phi) is 11.6. The fraction of sp³-hybridized carbons (Fsp3) is 0.512. The zero-order valence-corrected chi connectivity index (χ0v) is 35.7. The Balaban J connectivity index is 1.51. The van der Waals surface area contributed by atoms with Gasteiger partial charge in [0.1, 0.15) is 30.2 Å². The molecular formula is C43H55Cl2N8O4+. The summed E-state index contributed by atoms with van der Waals surface area (Å²) in [5, 5.41) is 3.44. The van der Waals surface area contributed by atoms with Gasteiger partial charge in [-0.05, 0) is 83.1 Å². The van der Waals surface area contributed by atoms with Crippen molar-refractivity contribution in [2.75, 3.05) is 46.0 Å². The number of piperazine rings is 1. The minimum Gasteiger partial charge on any atom is -0.493 e. The van der Waals surface area contributed by atoms with Gasteiger partial charge in [-0.3, -0.25) is 29.6 Å². The summed E-state index contributed by atoms with van der Waals surface area (Å²) in [5.41, 5.74) is 3.09. The predicted octanol–water partition coefficient (Wildman–Crippen LogP) is 7.19. The number of aliphatic imine (C=N–C) groups is 2. The molecule has 12 nitrogen and oxygen atoms in total. The van der Waals surface area contributed by atoms with Crippen LogP contribution in [0, 0.1) is 0 Å². The van der Waals surface area contributed by atoms with E-state index in [1.165, 1.54) is 0 Å². The maximum atomic E-state index is 16.2.